The first-order chi connectivity index (χ1) is 10.8. The molecule has 1 heterocycles. The fourth-order valence-electron chi connectivity index (χ4n) is 1.82. The largest absolute Gasteiger partial charge is 0.480 e. The SMILES string of the molecule is CC(=O)N[C@@H](CCCN=C1NC(=O)/C(=C\C(O)CO)N1)C(=O)O. The van der Waals surface area contributed by atoms with Gasteiger partial charge in [-0.3, -0.25) is 19.9 Å². The lowest BCUT2D eigenvalue weighted by Crippen LogP contribution is -2.39. The molecule has 0 aliphatic carbocycles. The molecule has 2 atom stereocenters. The maximum Gasteiger partial charge on any atom is 0.326 e. The van der Waals surface area contributed by atoms with Crippen LogP contribution >= 0.6 is 0 Å². The van der Waals surface area contributed by atoms with E-state index in [0.29, 0.717) is 6.42 Å². The van der Waals surface area contributed by atoms with E-state index < -0.39 is 36.5 Å². The predicted octanol–water partition coefficient (Wildman–Crippen LogP) is -2.33. The number of amides is 2. The number of rotatable bonds is 8. The minimum absolute atomic E-state index is 0.0759. The molecule has 10 heteroatoms. The molecule has 10 nitrogen and oxygen atoms in total. The molecule has 6 N–H and O–H groups in total. The van der Waals surface area contributed by atoms with E-state index in [1.54, 1.807) is 0 Å². The number of carboxylic acid groups (broad SMARTS) is 1. The Morgan fingerprint density at radius 1 is 1.39 bits per heavy atom. The molecule has 128 valence electrons. The van der Waals surface area contributed by atoms with E-state index in [1.807, 2.05) is 0 Å². The number of carboxylic acids is 1. The Balaban J connectivity index is 2.47. The lowest BCUT2D eigenvalue weighted by molar-refractivity contribution is -0.141. The molecule has 0 aromatic carbocycles. The highest BCUT2D eigenvalue weighted by atomic mass is 16.4. The summed E-state index contributed by atoms with van der Waals surface area (Å²) in [6.45, 7) is 0.968. The van der Waals surface area contributed by atoms with E-state index in [-0.39, 0.29) is 24.6 Å². The third-order valence-electron chi connectivity index (χ3n) is 2.87. The van der Waals surface area contributed by atoms with E-state index in [0.717, 1.165) is 6.08 Å². The van der Waals surface area contributed by atoms with Crippen LogP contribution in [0.3, 0.4) is 0 Å². The molecule has 0 aromatic heterocycles. The molecular weight excluding hydrogens is 308 g/mol. The fourth-order valence-corrected chi connectivity index (χ4v) is 1.82. The number of carbonyl (C=O) groups excluding carboxylic acids is 2. The van der Waals surface area contributed by atoms with Crippen LogP contribution in [0.25, 0.3) is 0 Å². The highest BCUT2D eigenvalue weighted by molar-refractivity contribution is 6.13. The molecule has 1 fully saturated rings. The van der Waals surface area contributed by atoms with Crippen LogP contribution in [-0.4, -0.2) is 64.4 Å². The quantitative estimate of drug-likeness (QED) is 0.215. The first-order valence-electron chi connectivity index (χ1n) is 6.97. The lowest BCUT2D eigenvalue weighted by atomic mass is 10.1. The van der Waals surface area contributed by atoms with E-state index in [1.165, 1.54) is 6.92 Å². The van der Waals surface area contributed by atoms with Crippen molar-refractivity contribution in [1.29, 1.82) is 0 Å². The maximum atomic E-state index is 11.5. The van der Waals surface area contributed by atoms with Crippen LogP contribution in [0.1, 0.15) is 19.8 Å². The molecule has 1 rings (SSSR count). The zero-order valence-electron chi connectivity index (χ0n) is 12.6. The van der Waals surface area contributed by atoms with Crippen molar-refractivity contribution in [2.75, 3.05) is 13.2 Å². The minimum Gasteiger partial charge on any atom is -0.480 e. The second-order valence-corrected chi connectivity index (χ2v) is 4.87. The van der Waals surface area contributed by atoms with Crippen LogP contribution in [0, 0.1) is 0 Å². The normalized spacial score (nSPS) is 20.0. The van der Waals surface area contributed by atoms with Crippen LogP contribution in [0.4, 0.5) is 0 Å². The van der Waals surface area contributed by atoms with Gasteiger partial charge in [0.1, 0.15) is 11.7 Å². The Hall–Kier alpha value is -2.46. The average molecular weight is 328 g/mol. The molecular formula is C13H20N4O6. The number of aliphatic carboxylic acids is 1. The third kappa shape index (κ3) is 6.45. The molecule has 0 radical (unpaired) electrons. The number of carbonyl (C=O) groups is 3. The van der Waals surface area contributed by atoms with Gasteiger partial charge in [-0.05, 0) is 18.9 Å². The summed E-state index contributed by atoms with van der Waals surface area (Å²) in [5.74, 6) is -1.86. The number of nitrogens with zero attached hydrogens (tertiary/aromatic N) is 1. The van der Waals surface area contributed by atoms with E-state index >= 15 is 0 Å². The van der Waals surface area contributed by atoms with Crippen molar-refractivity contribution in [3.05, 3.63) is 11.8 Å². The number of hydrogen-bond acceptors (Lipinski definition) is 6. The number of aliphatic imine (C=N–C) groups is 1. The predicted molar refractivity (Wildman–Crippen MR) is 79.2 cm³/mol. The third-order valence-corrected chi connectivity index (χ3v) is 2.87. The number of hydrogen-bond donors (Lipinski definition) is 6. The smallest absolute Gasteiger partial charge is 0.326 e. The Kier molecular flexibility index (Phi) is 7.16. The number of guanidine groups is 1. The average Bonchev–Trinajstić information content (AvgIpc) is 2.81. The Morgan fingerprint density at radius 2 is 2.09 bits per heavy atom. The molecule has 0 spiro atoms. The summed E-state index contributed by atoms with van der Waals surface area (Å²) in [7, 11) is 0. The van der Waals surface area contributed by atoms with Crippen molar-refractivity contribution in [2.45, 2.75) is 31.9 Å². The number of nitrogens with one attached hydrogen (secondary N) is 3. The summed E-state index contributed by atoms with van der Waals surface area (Å²) in [5, 5.41) is 34.3. The monoisotopic (exact) mass is 328 g/mol. The topological polar surface area (TPSA) is 160 Å². The van der Waals surface area contributed by atoms with Gasteiger partial charge in [-0.2, -0.15) is 0 Å². The standard InChI is InChI=1S/C13H20N4O6/c1-7(19)15-9(12(22)23)3-2-4-14-13-16-10(11(21)17-13)5-8(20)6-18/h5,8-9,18,20H,2-4,6H2,1H3,(H,15,19)(H,22,23)(H2,14,16,17,21)/b10-5+/t8?,9-/m0/s1. The van der Waals surface area contributed by atoms with Crippen molar-refractivity contribution < 1.29 is 29.7 Å². The molecule has 1 aliphatic rings. The van der Waals surface area contributed by atoms with Crippen molar-refractivity contribution >= 4 is 23.7 Å². The van der Waals surface area contributed by atoms with E-state index in [9.17, 15) is 19.5 Å². The first kappa shape index (κ1) is 18.6. The van der Waals surface area contributed by atoms with Gasteiger partial charge in [-0.1, -0.05) is 0 Å². The van der Waals surface area contributed by atoms with Gasteiger partial charge in [-0.25, -0.2) is 4.79 Å². The molecule has 0 saturated carbocycles. The van der Waals surface area contributed by atoms with Crippen LogP contribution in [-0.2, 0) is 14.4 Å². The van der Waals surface area contributed by atoms with Crippen molar-refractivity contribution in [3.8, 4) is 0 Å². The van der Waals surface area contributed by atoms with Crippen molar-refractivity contribution in [2.24, 2.45) is 4.99 Å². The molecule has 1 unspecified atom stereocenters. The zero-order valence-corrected chi connectivity index (χ0v) is 12.6. The first-order valence-corrected chi connectivity index (χ1v) is 6.97. The second kappa shape index (κ2) is 8.86. The Labute approximate surface area is 132 Å². The summed E-state index contributed by atoms with van der Waals surface area (Å²) in [4.78, 5) is 37.4. The van der Waals surface area contributed by atoms with Crippen molar-refractivity contribution in [1.82, 2.24) is 16.0 Å². The van der Waals surface area contributed by atoms with Gasteiger partial charge in [0.2, 0.25) is 11.9 Å². The molecule has 1 saturated heterocycles. The maximum absolute atomic E-state index is 11.5. The van der Waals surface area contributed by atoms with Crippen LogP contribution in [0.2, 0.25) is 0 Å². The van der Waals surface area contributed by atoms with Gasteiger partial charge >= 0.3 is 5.97 Å². The van der Waals surface area contributed by atoms with Gasteiger partial charge in [0.05, 0.1) is 12.7 Å². The Bertz CT molecular complexity index is 531. The second-order valence-electron chi connectivity index (χ2n) is 4.87. The molecule has 2 amide bonds. The van der Waals surface area contributed by atoms with Gasteiger partial charge in [0, 0.05) is 13.5 Å². The van der Waals surface area contributed by atoms with Crippen LogP contribution in [0.15, 0.2) is 16.8 Å². The van der Waals surface area contributed by atoms with Crippen LogP contribution < -0.4 is 16.0 Å². The van der Waals surface area contributed by atoms with Crippen molar-refractivity contribution in [3.63, 3.8) is 0 Å². The summed E-state index contributed by atoms with van der Waals surface area (Å²) in [6.07, 6.45) is 0.591. The summed E-state index contributed by atoms with van der Waals surface area (Å²) >= 11 is 0. The highest BCUT2D eigenvalue weighted by Crippen LogP contribution is 2.02. The van der Waals surface area contributed by atoms with Gasteiger partial charge < -0.3 is 26.0 Å². The molecule has 0 bridgehead atoms. The number of aliphatic hydroxyl groups is 2. The summed E-state index contributed by atoms with van der Waals surface area (Å²) in [5.41, 5.74) is 0.0759. The van der Waals surface area contributed by atoms with Gasteiger partial charge in [-0.15, -0.1) is 0 Å². The molecule has 0 aromatic rings. The molecule has 23 heavy (non-hydrogen) atoms. The van der Waals surface area contributed by atoms with Gasteiger partial charge in [0.25, 0.3) is 5.91 Å². The van der Waals surface area contributed by atoms with Crippen LogP contribution in [0.5, 0.6) is 0 Å². The van der Waals surface area contributed by atoms with E-state index in [2.05, 4.69) is 20.9 Å². The Morgan fingerprint density at radius 3 is 2.65 bits per heavy atom. The fraction of sp³-hybridized carbons (Fsp3) is 0.538. The minimum atomic E-state index is -1.16. The lowest BCUT2D eigenvalue weighted by Gasteiger charge is -2.12. The zero-order chi connectivity index (χ0) is 17.4. The molecule has 1 aliphatic heterocycles. The summed E-state index contributed by atoms with van der Waals surface area (Å²) < 4.78 is 0. The highest BCUT2D eigenvalue weighted by Gasteiger charge is 2.22. The summed E-state index contributed by atoms with van der Waals surface area (Å²) in [6, 6.07) is -0.978. The van der Waals surface area contributed by atoms with E-state index in [4.69, 9.17) is 10.2 Å². The number of aliphatic hydroxyl groups excluding tert-OH is 2. The van der Waals surface area contributed by atoms with Gasteiger partial charge in [0.15, 0.2) is 0 Å².